The van der Waals surface area contributed by atoms with Crippen LogP contribution in [-0.2, 0) is 11.3 Å². The Hall–Kier alpha value is -1.17. The van der Waals surface area contributed by atoms with Crippen LogP contribution in [0.2, 0.25) is 0 Å². The fourth-order valence-corrected chi connectivity index (χ4v) is 1.37. The van der Waals surface area contributed by atoms with Crippen LogP contribution < -0.4 is 10.1 Å². The summed E-state index contributed by atoms with van der Waals surface area (Å²) in [5, 5.41) is 12.5. The van der Waals surface area contributed by atoms with E-state index in [1.54, 1.807) is 20.4 Å². The molecule has 0 saturated heterocycles. The van der Waals surface area contributed by atoms with Crippen LogP contribution in [0, 0.1) is 0 Å². The number of hydrogen-bond donors (Lipinski definition) is 2. The zero-order chi connectivity index (χ0) is 11.8. The molecule has 1 aromatic heterocycles. The van der Waals surface area contributed by atoms with Gasteiger partial charge < -0.3 is 19.9 Å². The molecule has 0 fully saturated rings. The van der Waals surface area contributed by atoms with Crippen LogP contribution >= 0.6 is 0 Å². The SMILES string of the molecule is COCC(O)CNCc1cccnc1OC. The molecule has 1 unspecified atom stereocenters. The number of ether oxygens (including phenoxy) is 2. The lowest BCUT2D eigenvalue weighted by Gasteiger charge is -2.11. The van der Waals surface area contributed by atoms with Crippen molar-refractivity contribution in [3.8, 4) is 5.88 Å². The van der Waals surface area contributed by atoms with Gasteiger partial charge in [-0.15, -0.1) is 0 Å². The van der Waals surface area contributed by atoms with E-state index in [-0.39, 0.29) is 0 Å². The first-order valence-electron chi connectivity index (χ1n) is 5.13. The van der Waals surface area contributed by atoms with Gasteiger partial charge in [0, 0.05) is 32.0 Å². The number of hydrogen-bond acceptors (Lipinski definition) is 5. The minimum Gasteiger partial charge on any atom is -0.481 e. The maximum absolute atomic E-state index is 9.42. The lowest BCUT2D eigenvalue weighted by Crippen LogP contribution is -2.29. The average molecular weight is 226 g/mol. The molecular formula is C11H18N2O3. The normalized spacial score (nSPS) is 12.4. The minimum atomic E-state index is -0.493. The molecule has 0 aromatic carbocycles. The van der Waals surface area contributed by atoms with E-state index in [0.29, 0.717) is 25.6 Å². The van der Waals surface area contributed by atoms with E-state index in [1.807, 2.05) is 12.1 Å². The maximum Gasteiger partial charge on any atom is 0.217 e. The van der Waals surface area contributed by atoms with Crippen LogP contribution in [0.4, 0.5) is 0 Å². The molecule has 1 rings (SSSR count). The highest BCUT2D eigenvalue weighted by atomic mass is 16.5. The van der Waals surface area contributed by atoms with Gasteiger partial charge in [0.1, 0.15) is 0 Å². The molecule has 0 radical (unpaired) electrons. The second kappa shape index (κ2) is 7.16. The van der Waals surface area contributed by atoms with Crippen molar-refractivity contribution < 1.29 is 14.6 Å². The molecule has 1 aromatic rings. The Morgan fingerprint density at radius 3 is 3.00 bits per heavy atom. The largest absolute Gasteiger partial charge is 0.481 e. The lowest BCUT2D eigenvalue weighted by molar-refractivity contribution is 0.0644. The van der Waals surface area contributed by atoms with Crippen LogP contribution in [0.1, 0.15) is 5.56 Å². The summed E-state index contributed by atoms with van der Waals surface area (Å²) in [6, 6.07) is 3.78. The highest BCUT2D eigenvalue weighted by Gasteiger charge is 2.05. The molecule has 5 heteroatoms. The smallest absolute Gasteiger partial charge is 0.217 e. The van der Waals surface area contributed by atoms with Gasteiger partial charge in [0.15, 0.2) is 0 Å². The molecule has 0 aliphatic heterocycles. The maximum atomic E-state index is 9.42. The van der Waals surface area contributed by atoms with Crippen LogP contribution in [0.25, 0.3) is 0 Å². The molecule has 0 amide bonds. The predicted molar refractivity (Wildman–Crippen MR) is 60.4 cm³/mol. The number of aliphatic hydroxyl groups excluding tert-OH is 1. The standard InChI is InChI=1S/C11H18N2O3/c1-15-8-10(14)7-12-6-9-4-3-5-13-11(9)16-2/h3-5,10,12,14H,6-8H2,1-2H3. The van der Waals surface area contributed by atoms with Gasteiger partial charge in [-0.3, -0.25) is 0 Å². The molecule has 1 atom stereocenters. The van der Waals surface area contributed by atoms with Crippen LogP contribution in [0.5, 0.6) is 5.88 Å². The zero-order valence-electron chi connectivity index (χ0n) is 9.64. The molecule has 0 saturated carbocycles. The molecule has 0 bridgehead atoms. The highest BCUT2D eigenvalue weighted by Crippen LogP contribution is 2.12. The van der Waals surface area contributed by atoms with Crippen molar-refractivity contribution in [1.82, 2.24) is 10.3 Å². The van der Waals surface area contributed by atoms with Crippen molar-refractivity contribution in [2.24, 2.45) is 0 Å². The van der Waals surface area contributed by atoms with Crippen molar-refractivity contribution in [1.29, 1.82) is 0 Å². The molecule has 16 heavy (non-hydrogen) atoms. The second-order valence-electron chi connectivity index (χ2n) is 3.41. The number of methoxy groups -OCH3 is 2. The van der Waals surface area contributed by atoms with Crippen LogP contribution in [0.3, 0.4) is 0 Å². The third kappa shape index (κ3) is 4.14. The quantitative estimate of drug-likeness (QED) is 0.694. The molecule has 0 aliphatic rings. The Morgan fingerprint density at radius 2 is 2.31 bits per heavy atom. The van der Waals surface area contributed by atoms with Crippen molar-refractivity contribution >= 4 is 0 Å². The van der Waals surface area contributed by atoms with Gasteiger partial charge in [0.2, 0.25) is 5.88 Å². The molecule has 2 N–H and O–H groups in total. The number of nitrogens with one attached hydrogen (secondary N) is 1. The minimum absolute atomic E-state index is 0.331. The van der Waals surface area contributed by atoms with Gasteiger partial charge in [0.25, 0.3) is 0 Å². The van der Waals surface area contributed by atoms with E-state index in [2.05, 4.69) is 10.3 Å². The number of pyridine rings is 1. The fraction of sp³-hybridized carbons (Fsp3) is 0.545. The Bertz CT molecular complexity index is 307. The topological polar surface area (TPSA) is 63.6 Å². The third-order valence-electron chi connectivity index (χ3n) is 2.10. The van der Waals surface area contributed by atoms with E-state index in [0.717, 1.165) is 5.56 Å². The van der Waals surface area contributed by atoms with Crippen LogP contribution in [-0.4, -0.2) is 43.6 Å². The summed E-state index contributed by atoms with van der Waals surface area (Å²) in [5.74, 6) is 0.608. The summed E-state index contributed by atoms with van der Waals surface area (Å²) < 4.78 is 9.94. The third-order valence-corrected chi connectivity index (χ3v) is 2.10. The summed E-state index contributed by atoms with van der Waals surface area (Å²) >= 11 is 0. The van der Waals surface area contributed by atoms with Crippen molar-refractivity contribution in [3.05, 3.63) is 23.9 Å². The summed E-state index contributed by atoms with van der Waals surface area (Å²) in [7, 11) is 3.15. The van der Waals surface area contributed by atoms with Crippen LogP contribution in [0.15, 0.2) is 18.3 Å². The van der Waals surface area contributed by atoms with E-state index < -0.39 is 6.10 Å². The number of rotatable bonds is 7. The van der Waals surface area contributed by atoms with Crippen molar-refractivity contribution in [2.45, 2.75) is 12.6 Å². The highest BCUT2D eigenvalue weighted by molar-refractivity contribution is 5.24. The molecule has 0 aliphatic carbocycles. The van der Waals surface area contributed by atoms with E-state index in [1.165, 1.54) is 0 Å². The first-order chi connectivity index (χ1) is 7.77. The second-order valence-corrected chi connectivity index (χ2v) is 3.41. The monoisotopic (exact) mass is 226 g/mol. The van der Waals surface area contributed by atoms with Crippen molar-refractivity contribution in [3.63, 3.8) is 0 Å². The Balaban J connectivity index is 2.36. The summed E-state index contributed by atoms with van der Waals surface area (Å²) in [5.41, 5.74) is 0.967. The summed E-state index contributed by atoms with van der Waals surface area (Å²) in [4.78, 5) is 4.08. The van der Waals surface area contributed by atoms with E-state index in [9.17, 15) is 5.11 Å². The number of nitrogens with zero attached hydrogens (tertiary/aromatic N) is 1. The predicted octanol–water partition coefficient (Wildman–Crippen LogP) is 0.187. The Kier molecular flexibility index (Phi) is 5.77. The molecule has 5 nitrogen and oxygen atoms in total. The molecule has 90 valence electrons. The van der Waals surface area contributed by atoms with Gasteiger partial charge in [-0.25, -0.2) is 4.98 Å². The Labute approximate surface area is 95.4 Å². The lowest BCUT2D eigenvalue weighted by atomic mass is 10.2. The van der Waals surface area contributed by atoms with Gasteiger partial charge in [-0.05, 0) is 6.07 Å². The number of aromatic nitrogens is 1. The van der Waals surface area contributed by atoms with E-state index in [4.69, 9.17) is 9.47 Å². The summed E-state index contributed by atoms with van der Waals surface area (Å²) in [6.45, 7) is 1.42. The summed E-state index contributed by atoms with van der Waals surface area (Å²) in [6.07, 6.45) is 1.19. The zero-order valence-corrected chi connectivity index (χ0v) is 9.64. The van der Waals surface area contributed by atoms with Gasteiger partial charge in [0.05, 0.1) is 19.8 Å². The van der Waals surface area contributed by atoms with Gasteiger partial charge in [-0.1, -0.05) is 6.07 Å². The average Bonchev–Trinajstić information content (AvgIpc) is 2.30. The molecular weight excluding hydrogens is 208 g/mol. The van der Waals surface area contributed by atoms with Gasteiger partial charge in [-0.2, -0.15) is 0 Å². The Morgan fingerprint density at radius 1 is 1.50 bits per heavy atom. The first kappa shape index (κ1) is 12.9. The fourth-order valence-electron chi connectivity index (χ4n) is 1.37. The molecule has 0 spiro atoms. The van der Waals surface area contributed by atoms with Crippen molar-refractivity contribution in [2.75, 3.05) is 27.4 Å². The molecule has 1 heterocycles. The van der Waals surface area contributed by atoms with Gasteiger partial charge >= 0.3 is 0 Å². The first-order valence-corrected chi connectivity index (χ1v) is 5.13. The van der Waals surface area contributed by atoms with E-state index >= 15 is 0 Å². The number of aliphatic hydroxyl groups is 1.